The lowest BCUT2D eigenvalue weighted by molar-refractivity contribution is -0.121. The van der Waals surface area contributed by atoms with Crippen molar-refractivity contribution in [3.05, 3.63) is 84.2 Å². The summed E-state index contributed by atoms with van der Waals surface area (Å²) in [5.41, 5.74) is 2.06. The molecule has 1 heterocycles. The Morgan fingerprint density at radius 3 is 2.65 bits per heavy atom. The molecule has 5 nitrogen and oxygen atoms in total. The van der Waals surface area contributed by atoms with E-state index in [2.05, 4.69) is 5.32 Å². The number of hydrogen-bond donors (Lipinski definition) is 1. The van der Waals surface area contributed by atoms with E-state index in [0.29, 0.717) is 11.4 Å². The highest BCUT2D eigenvalue weighted by Crippen LogP contribution is 2.45. The number of halogens is 1. The molecule has 3 aromatic rings. The standard InChI is InChI=1S/C24H21FN2O3S/c1-30-19-11-9-16(10-12-19)22-14-24(29)27(20-7-2-3-8-21(20)31-22)15-23(28)26-18-6-4-5-17(25)13-18/h2-13,22H,14-15H2,1H3,(H,26,28). The molecule has 7 heteroatoms. The van der Waals surface area contributed by atoms with Crippen molar-refractivity contribution in [1.29, 1.82) is 0 Å². The van der Waals surface area contributed by atoms with Crippen molar-refractivity contribution in [1.82, 2.24) is 0 Å². The van der Waals surface area contributed by atoms with Crippen LogP contribution in [-0.2, 0) is 9.59 Å². The van der Waals surface area contributed by atoms with Crippen molar-refractivity contribution >= 4 is 35.0 Å². The predicted octanol–water partition coefficient (Wildman–Crippen LogP) is 5.04. The summed E-state index contributed by atoms with van der Waals surface area (Å²) < 4.78 is 18.6. The van der Waals surface area contributed by atoms with Crippen LogP contribution in [0.25, 0.3) is 0 Å². The van der Waals surface area contributed by atoms with E-state index < -0.39 is 5.82 Å². The number of nitrogens with one attached hydrogen (secondary N) is 1. The molecule has 31 heavy (non-hydrogen) atoms. The van der Waals surface area contributed by atoms with E-state index in [1.54, 1.807) is 24.9 Å². The molecule has 0 aliphatic carbocycles. The number of carbonyl (C=O) groups is 2. The maximum absolute atomic E-state index is 13.4. The van der Waals surface area contributed by atoms with Crippen molar-refractivity contribution in [3.63, 3.8) is 0 Å². The first kappa shape index (κ1) is 20.9. The van der Waals surface area contributed by atoms with Crippen LogP contribution in [0.5, 0.6) is 5.75 Å². The van der Waals surface area contributed by atoms with Gasteiger partial charge in [0.2, 0.25) is 11.8 Å². The normalized spacial score (nSPS) is 15.7. The lowest BCUT2D eigenvalue weighted by Crippen LogP contribution is -2.38. The highest BCUT2D eigenvalue weighted by atomic mass is 32.2. The first-order valence-electron chi connectivity index (χ1n) is 9.79. The number of methoxy groups -OCH3 is 1. The topological polar surface area (TPSA) is 58.6 Å². The first-order valence-corrected chi connectivity index (χ1v) is 10.7. The van der Waals surface area contributed by atoms with Gasteiger partial charge >= 0.3 is 0 Å². The molecule has 4 rings (SSSR count). The van der Waals surface area contributed by atoms with Gasteiger partial charge in [0.15, 0.2) is 0 Å². The molecule has 0 saturated heterocycles. The first-order chi connectivity index (χ1) is 15.0. The quantitative estimate of drug-likeness (QED) is 0.609. The lowest BCUT2D eigenvalue weighted by atomic mass is 10.1. The van der Waals surface area contributed by atoms with Crippen LogP contribution in [0.1, 0.15) is 17.2 Å². The predicted molar refractivity (Wildman–Crippen MR) is 120 cm³/mol. The summed E-state index contributed by atoms with van der Waals surface area (Å²) in [6.07, 6.45) is 0.249. The molecular formula is C24H21FN2O3S. The van der Waals surface area contributed by atoms with Crippen molar-refractivity contribution in [2.24, 2.45) is 0 Å². The van der Waals surface area contributed by atoms with Gasteiger partial charge in [0.1, 0.15) is 18.1 Å². The number of thioether (sulfide) groups is 1. The average Bonchev–Trinajstić information content (AvgIpc) is 2.90. The maximum Gasteiger partial charge on any atom is 0.244 e. The smallest absolute Gasteiger partial charge is 0.244 e. The Hall–Kier alpha value is -3.32. The minimum Gasteiger partial charge on any atom is -0.497 e. The number of fused-ring (bicyclic) bond motifs is 1. The van der Waals surface area contributed by atoms with Gasteiger partial charge in [-0.05, 0) is 48.0 Å². The molecule has 0 bridgehead atoms. The van der Waals surface area contributed by atoms with Gasteiger partial charge in [-0.3, -0.25) is 9.59 Å². The minimum absolute atomic E-state index is 0.0872. The third kappa shape index (κ3) is 4.88. The van der Waals surface area contributed by atoms with Crippen molar-refractivity contribution in [2.75, 3.05) is 23.9 Å². The van der Waals surface area contributed by atoms with Crippen LogP contribution in [0.3, 0.4) is 0 Å². The van der Waals surface area contributed by atoms with E-state index in [9.17, 15) is 14.0 Å². The van der Waals surface area contributed by atoms with Crippen LogP contribution < -0.4 is 15.0 Å². The Morgan fingerprint density at radius 1 is 1.13 bits per heavy atom. The fourth-order valence-corrected chi connectivity index (χ4v) is 4.75. The summed E-state index contributed by atoms with van der Waals surface area (Å²) in [4.78, 5) is 28.2. The van der Waals surface area contributed by atoms with Gasteiger partial charge in [-0.2, -0.15) is 0 Å². The largest absolute Gasteiger partial charge is 0.497 e. The van der Waals surface area contributed by atoms with Crippen LogP contribution in [0.4, 0.5) is 15.8 Å². The van der Waals surface area contributed by atoms with Crippen LogP contribution in [0, 0.1) is 5.82 Å². The second-order valence-corrected chi connectivity index (χ2v) is 8.33. The Morgan fingerprint density at radius 2 is 1.90 bits per heavy atom. The zero-order valence-corrected chi connectivity index (χ0v) is 17.7. The van der Waals surface area contributed by atoms with Gasteiger partial charge in [-0.15, -0.1) is 11.8 Å². The summed E-state index contributed by atoms with van der Waals surface area (Å²) in [7, 11) is 1.61. The fourth-order valence-electron chi connectivity index (χ4n) is 3.47. The number of para-hydroxylation sites is 1. The molecule has 0 radical (unpaired) electrons. The Kier molecular flexibility index (Phi) is 6.23. The molecule has 158 valence electrons. The van der Waals surface area contributed by atoms with E-state index in [1.165, 1.54) is 23.1 Å². The minimum atomic E-state index is -0.437. The van der Waals surface area contributed by atoms with E-state index in [-0.39, 0.29) is 30.0 Å². The number of ether oxygens (including phenoxy) is 1. The summed E-state index contributed by atoms with van der Waals surface area (Å²) in [5, 5.41) is 2.58. The van der Waals surface area contributed by atoms with Gasteiger partial charge < -0.3 is 15.0 Å². The molecule has 1 aliphatic heterocycles. The number of carbonyl (C=O) groups excluding carboxylic acids is 2. The van der Waals surface area contributed by atoms with Gasteiger partial charge in [0.05, 0.1) is 12.8 Å². The maximum atomic E-state index is 13.4. The third-order valence-electron chi connectivity index (χ3n) is 4.98. The summed E-state index contributed by atoms with van der Waals surface area (Å²) in [6, 6.07) is 20.9. The fraction of sp³-hybridized carbons (Fsp3) is 0.167. The Balaban J connectivity index is 1.57. The molecule has 1 aliphatic rings. The van der Waals surface area contributed by atoms with Gasteiger partial charge in [-0.1, -0.05) is 30.3 Å². The second-order valence-electron chi connectivity index (χ2n) is 7.09. The molecule has 3 aromatic carbocycles. The van der Waals surface area contributed by atoms with Crippen LogP contribution >= 0.6 is 11.8 Å². The number of benzene rings is 3. The molecule has 1 N–H and O–H groups in total. The van der Waals surface area contributed by atoms with Gasteiger partial charge in [-0.25, -0.2) is 4.39 Å². The number of nitrogens with zero attached hydrogens (tertiary/aromatic N) is 1. The number of anilines is 2. The number of hydrogen-bond acceptors (Lipinski definition) is 4. The summed E-state index contributed by atoms with van der Waals surface area (Å²) in [5.74, 6) is -0.216. The Labute approximate surface area is 184 Å². The van der Waals surface area contributed by atoms with Gasteiger partial charge in [0, 0.05) is 22.3 Å². The second kappa shape index (κ2) is 9.22. The van der Waals surface area contributed by atoms with Gasteiger partial charge in [0.25, 0.3) is 0 Å². The van der Waals surface area contributed by atoms with Crippen LogP contribution in [-0.4, -0.2) is 25.5 Å². The van der Waals surface area contributed by atoms with E-state index in [4.69, 9.17) is 4.74 Å². The molecule has 2 amide bonds. The third-order valence-corrected chi connectivity index (χ3v) is 6.31. The molecule has 1 unspecified atom stereocenters. The molecule has 0 saturated carbocycles. The highest BCUT2D eigenvalue weighted by molar-refractivity contribution is 7.99. The molecule has 0 spiro atoms. The Bertz CT molecular complexity index is 1100. The molecular weight excluding hydrogens is 415 g/mol. The highest BCUT2D eigenvalue weighted by Gasteiger charge is 2.30. The SMILES string of the molecule is COc1ccc(C2CC(=O)N(CC(=O)Nc3cccc(F)c3)c3ccccc3S2)cc1. The zero-order valence-electron chi connectivity index (χ0n) is 16.9. The van der Waals surface area contributed by atoms with E-state index in [0.717, 1.165) is 16.2 Å². The van der Waals surface area contributed by atoms with Crippen molar-refractivity contribution in [2.45, 2.75) is 16.6 Å². The van der Waals surface area contributed by atoms with Crippen molar-refractivity contribution < 1.29 is 18.7 Å². The zero-order chi connectivity index (χ0) is 21.8. The molecule has 0 fully saturated rings. The monoisotopic (exact) mass is 436 g/mol. The summed E-state index contributed by atoms with van der Waals surface area (Å²) >= 11 is 1.60. The molecule has 0 aromatic heterocycles. The van der Waals surface area contributed by atoms with E-state index >= 15 is 0 Å². The number of amides is 2. The van der Waals surface area contributed by atoms with Crippen molar-refractivity contribution in [3.8, 4) is 5.75 Å². The van der Waals surface area contributed by atoms with Crippen LogP contribution in [0.15, 0.2) is 77.7 Å². The average molecular weight is 437 g/mol. The van der Waals surface area contributed by atoms with Crippen LogP contribution in [0.2, 0.25) is 0 Å². The lowest BCUT2D eigenvalue weighted by Gasteiger charge is -2.22. The molecule has 1 atom stereocenters. The van der Waals surface area contributed by atoms with E-state index in [1.807, 2.05) is 48.5 Å². The number of rotatable bonds is 5. The summed E-state index contributed by atoms with van der Waals surface area (Å²) in [6.45, 7) is -0.151.